The van der Waals surface area contributed by atoms with Crippen LogP contribution in [0.1, 0.15) is 31.4 Å². The minimum absolute atomic E-state index is 0.0225. The molecule has 2 rings (SSSR count). The summed E-state index contributed by atoms with van der Waals surface area (Å²) in [6.45, 7) is 2.72. The molecule has 1 aromatic rings. The molecule has 2 unspecified atom stereocenters. The third-order valence-electron chi connectivity index (χ3n) is 3.31. The number of nitrogens with two attached hydrogens (primary N) is 1. The van der Waals surface area contributed by atoms with Crippen LogP contribution < -0.4 is 5.73 Å². The zero-order chi connectivity index (χ0) is 12.4. The van der Waals surface area contributed by atoms with Gasteiger partial charge in [-0.05, 0) is 31.0 Å². The highest BCUT2D eigenvalue weighted by atomic mass is 79.9. The zero-order valence-corrected chi connectivity index (χ0v) is 11.5. The smallest absolute Gasteiger partial charge is 0.223 e. The summed E-state index contributed by atoms with van der Waals surface area (Å²) in [5.74, 6) is 0.210. The number of likely N-dealkylation sites (N-methyl/N-ethyl adjacent to an activating group) is 1. The molecule has 92 valence electrons. The van der Waals surface area contributed by atoms with Gasteiger partial charge in [-0.1, -0.05) is 28.1 Å². The number of amides is 1. The van der Waals surface area contributed by atoms with Gasteiger partial charge >= 0.3 is 0 Å². The van der Waals surface area contributed by atoms with Crippen LogP contribution in [0.5, 0.6) is 0 Å². The molecule has 1 heterocycles. The molecule has 2 atom stereocenters. The average Bonchev–Trinajstić information content (AvgIpc) is 2.33. The van der Waals surface area contributed by atoms with Crippen molar-refractivity contribution in [2.24, 2.45) is 5.73 Å². The molecule has 0 aliphatic carbocycles. The van der Waals surface area contributed by atoms with Gasteiger partial charge < -0.3 is 10.6 Å². The molecule has 0 radical (unpaired) electrons. The number of nitrogens with zero attached hydrogens (tertiary/aromatic N) is 1. The van der Waals surface area contributed by atoms with Crippen molar-refractivity contribution < 1.29 is 4.79 Å². The predicted molar refractivity (Wildman–Crippen MR) is 71.5 cm³/mol. The molecule has 1 aliphatic heterocycles. The fourth-order valence-corrected chi connectivity index (χ4v) is 2.70. The van der Waals surface area contributed by atoms with Gasteiger partial charge in [-0.3, -0.25) is 4.79 Å². The van der Waals surface area contributed by atoms with Gasteiger partial charge in [-0.15, -0.1) is 0 Å². The first-order valence-electron chi connectivity index (χ1n) is 5.94. The molecule has 0 aromatic heterocycles. The van der Waals surface area contributed by atoms with Crippen LogP contribution in [0, 0.1) is 0 Å². The predicted octanol–water partition coefficient (Wildman–Crippen LogP) is 2.46. The highest BCUT2D eigenvalue weighted by Crippen LogP contribution is 2.31. The van der Waals surface area contributed by atoms with Crippen LogP contribution in [-0.4, -0.2) is 23.4 Å². The summed E-state index contributed by atoms with van der Waals surface area (Å²) in [5, 5.41) is 0. The third kappa shape index (κ3) is 2.53. The highest BCUT2D eigenvalue weighted by Gasteiger charge is 2.33. The Kier molecular flexibility index (Phi) is 3.84. The number of carbonyl (C=O) groups is 1. The van der Waals surface area contributed by atoms with Crippen LogP contribution in [0.25, 0.3) is 0 Å². The molecule has 3 nitrogen and oxygen atoms in total. The maximum atomic E-state index is 11.9. The topological polar surface area (TPSA) is 46.3 Å². The van der Waals surface area contributed by atoms with E-state index in [4.69, 9.17) is 5.73 Å². The van der Waals surface area contributed by atoms with E-state index in [9.17, 15) is 4.79 Å². The van der Waals surface area contributed by atoms with Gasteiger partial charge in [0.15, 0.2) is 0 Å². The van der Waals surface area contributed by atoms with Gasteiger partial charge in [0.1, 0.15) is 0 Å². The summed E-state index contributed by atoms with van der Waals surface area (Å²) >= 11 is 3.42. The summed E-state index contributed by atoms with van der Waals surface area (Å²) < 4.78 is 1.04. The van der Waals surface area contributed by atoms with Crippen molar-refractivity contribution in [1.29, 1.82) is 0 Å². The van der Waals surface area contributed by atoms with Gasteiger partial charge in [0.05, 0.1) is 6.04 Å². The first kappa shape index (κ1) is 12.6. The minimum atomic E-state index is 0.0225. The second-order valence-corrected chi connectivity index (χ2v) is 5.29. The molecule has 4 heteroatoms. The number of piperidine rings is 1. The number of carbonyl (C=O) groups excluding carboxylic acids is 1. The molecule has 1 fully saturated rings. The number of benzene rings is 1. The van der Waals surface area contributed by atoms with E-state index < -0.39 is 0 Å². The van der Waals surface area contributed by atoms with E-state index >= 15 is 0 Å². The Morgan fingerprint density at radius 2 is 2.06 bits per heavy atom. The second kappa shape index (κ2) is 5.19. The van der Waals surface area contributed by atoms with Crippen molar-refractivity contribution in [2.75, 3.05) is 6.54 Å². The largest absolute Gasteiger partial charge is 0.334 e. The fourth-order valence-electron chi connectivity index (χ4n) is 2.44. The Labute approximate surface area is 110 Å². The number of rotatable bonds is 2. The summed E-state index contributed by atoms with van der Waals surface area (Å²) in [6, 6.07) is 8.12. The van der Waals surface area contributed by atoms with Crippen LogP contribution in [0.15, 0.2) is 28.7 Å². The summed E-state index contributed by atoms with van der Waals surface area (Å²) in [6.07, 6.45) is 1.35. The molecule has 1 amide bonds. The van der Waals surface area contributed by atoms with Crippen LogP contribution in [-0.2, 0) is 4.79 Å². The van der Waals surface area contributed by atoms with Crippen molar-refractivity contribution in [2.45, 2.75) is 31.8 Å². The lowest BCUT2D eigenvalue weighted by Gasteiger charge is -2.39. The molecule has 0 spiro atoms. The standard InChI is InChI=1S/C13H17BrN2O/c1-2-16-12(17)8-7-11(15)13(16)9-3-5-10(14)6-4-9/h3-6,11,13H,2,7-8,15H2,1H3. The summed E-state index contributed by atoms with van der Waals surface area (Å²) in [4.78, 5) is 13.8. The van der Waals surface area contributed by atoms with Gasteiger partial charge in [-0.2, -0.15) is 0 Å². The maximum Gasteiger partial charge on any atom is 0.223 e. The number of hydrogen-bond acceptors (Lipinski definition) is 2. The second-order valence-electron chi connectivity index (χ2n) is 4.38. The Morgan fingerprint density at radius 3 is 2.65 bits per heavy atom. The maximum absolute atomic E-state index is 11.9. The van der Waals surface area contributed by atoms with Crippen LogP contribution in [0.3, 0.4) is 0 Å². The average molecular weight is 297 g/mol. The van der Waals surface area contributed by atoms with Crippen LogP contribution in [0.2, 0.25) is 0 Å². The lowest BCUT2D eigenvalue weighted by atomic mass is 9.90. The molecule has 2 N–H and O–H groups in total. The van der Waals surface area contributed by atoms with E-state index in [1.807, 2.05) is 36.1 Å². The van der Waals surface area contributed by atoms with Crippen molar-refractivity contribution >= 4 is 21.8 Å². The van der Waals surface area contributed by atoms with E-state index in [2.05, 4.69) is 15.9 Å². The zero-order valence-electron chi connectivity index (χ0n) is 9.90. The van der Waals surface area contributed by atoms with Crippen molar-refractivity contribution in [3.8, 4) is 0 Å². The Morgan fingerprint density at radius 1 is 1.41 bits per heavy atom. The van der Waals surface area contributed by atoms with Gasteiger partial charge in [0.2, 0.25) is 5.91 Å². The Hall–Kier alpha value is -0.870. The van der Waals surface area contributed by atoms with Crippen molar-refractivity contribution in [3.63, 3.8) is 0 Å². The fraction of sp³-hybridized carbons (Fsp3) is 0.462. The molecular weight excluding hydrogens is 280 g/mol. The lowest BCUT2D eigenvalue weighted by Crippen LogP contribution is -2.48. The number of halogens is 1. The molecule has 1 aliphatic rings. The summed E-state index contributed by atoms with van der Waals surface area (Å²) in [5.41, 5.74) is 7.29. The van der Waals surface area contributed by atoms with Crippen molar-refractivity contribution in [3.05, 3.63) is 34.3 Å². The lowest BCUT2D eigenvalue weighted by molar-refractivity contribution is -0.137. The quantitative estimate of drug-likeness (QED) is 0.911. The highest BCUT2D eigenvalue weighted by molar-refractivity contribution is 9.10. The molecule has 17 heavy (non-hydrogen) atoms. The number of likely N-dealkylation sites (tertiary alicyclic amines) is 1. The van der Waals surface area contributed by atoms with E-state index in [-0.39, 0.29) is 18.0 Å². The van der Waals surface area contributed by atoms with Crippen molar-refractivity contribution in [1.82, 2.24) is 4.90 Å². The number of hydrogen-bond donors (Lipinski definition) is 1. The molecule has 1 aromatic carbocycles. The monoisotopic (exact) mass is 296 g/mol. The molecule has 0 bridgehead atoms. The normalized spacial score (nSPS) is 25.1. The molecule has 1 saturated heterocycles. The van der Waals surface area contributed by atoms with E-state index in [1.54, 1.807) is 0 Å². The van der Waals surface area contributed by atoms with Crippen LogP contribution >= 0.6 is 15.9 Å². The Balaban J connectivity index is 2.32. The molecule has 0 saturated carbocycles. The van der Waals surface area contributed by atoms with E-state index in [0.717, 1.165) is 16.5 Å². The summed E-state index contributed by atoms with van der Waals surface area (Å²) in [7, 11) is 0. The van der Waals surface area contributed by atoms with Crippen LogP contribution in [0.4, 0.5) is 0 Å². The van der Waals surface area contributed by atoms with Gasteiger partial charge in [0, 0.05) is 23.5 Å². The first-order valence-corrected chi connectivity index (χ1v) is 6.73. The minimum Gasteiger partial charge on any atom is -0.334 e. The van der Waals surface area contributed by atoms with Gasteiger partial charge in [-0.25, -0.2) is 0 Å². The van der Waals surface area contributed by atoms with E-state index in [1.165, 1.54) is 0 Å². The third-order valence-corrected chi connectivity index (χ3v) is 3.83. The first-order chi connectivity index (χ1) is 8.13. The SMILES string of the molecule is CCN1C(=O)CCC(N)C1c1ccc(Br)cc1. The van der Waals surface area contributed by atoms with Gasteiger partial charge in [0.25, 0.3) is 0 Å². The van der Waals surface area contributed by atoms with E-state index in [0.29, 0.717) is 13.0 Å². The Bertz CT molecular complexity index is 404. The molecular formula is C13H17BrN2O.